The van der Waals surface area contributed by atoms with Crippen molar-refractivity contribution in [3.8, 4) is 5.75 Å². The van der Waals surface area contributed by atoms with Crippen molar-refractivity contribution in [2.24, 2.45) is 12.0 Å². The summed E-state index contributed by atoms with van der Waals surface area (Å²) < 4.78 is 12.2. The number of halogens is 1. The van der Waals surface area contributed by atoms with Crippen molar-refractivity contribution in [1.29, 1.82) is 0 Å². The molecule has 0 atom stereocenters. The van der Waals surface area contributed by atoms with E-state index >= 15 is 0 Å². The van der Waals surface area contributed by atoms with Crippen LogP contribution in [0.3, 0.4) is 0 Å². The highest BCUT2D eigenvalue weighted by atomic mass is 35.5. The van der Waals surface area contributed by atoms with E-state index in [-0.39, 0.29) is 0 Å². The van der Waals surface area contributed by atoms with E-state index in [4.69, 9.17) is 21.1 Å². The van der Waals surface area contributed by atoms with Crippen molar-refractivity contribution in [3.05, 3.63) is 40.4 Å². The average Bonchev–Trinajstić information content (AvgIpc) is 2.95. The molecule has 0 aliphatic carbocycles. The fourth-order valence-electron chi connectivity index (χ4n) is 2.19. The zero-order valence-electron chi connectivity index (χ0n) is 15.5. The van der Waals surface area contributed by atoms with E-state index in [9.17, 15) is 0 Å². The SMILES string of the molecule is COCCNC(=NCc1ccc(OC)c(Cl)c1)NCc1nnc(C)n1C. The molecule has 0 radical (unpaired) electrons. The molecule has 0 amide bonds. The van der Waals surface area contributed by atoms with Gasteiger partial charge >= 0.3 is 0 Å². The fraction of sp³-hybridized carbons (Fsp3) is 0.471. The molecular formula is C17H25ClN6O2. The summed E-state index contributed by atoms with van der Waals surface area (Å²) in [6.45, 7) is 4.13. The molecule has 2 rings (SSSR count). The van der Waals surface area contributed by atoms with Crippen LogP contribution in [0.15, 0.2) is 23.2 Å². The molecule has 0 bridgehead atoms. The predicted molar refractivity (Wildman–Crippen MR) is 102 cm³/mol. The van der Waals surface area contributed by atoms with Gasteiger partial charge in [-0.2, -0.15) is 0 Å². The molecule has 0 spiro atoms. The summed E-state index contributed by atoms with van der Waals surface area (Å²) >= 11 is 6.17. The van der Waals surface area contributed by atoms with Crippen LogP contribution < -0.4 is 15.4 Å². The number of nitrogens with one attached hydrogen (secondary N) is 2. The Morgan fingerprint density at radius 2 is 2.08 bits per heavy atom. The minimum absolute atomic E-state index is 0.476. The lowest BCUT2D eigenvalue weighted by atomic mass is 10.2. The summed E-state index contributed by atoms with van der Waals surface area (Å²) in [5.74, 6) is 3.00. The van der Waals surface area contributed by atoms with Crippen molar-refractivity contribution in [1.82, 2.24) is 25.4 Å². The third kappa shape index (κ3) is 5.60. The zero-order chi connectivity index (χ0) is 18.9. The lowest BCUT2D eigenvalue weighted by Gasteiger charge is -2.12. The Kier molecular flexibility index (Phi) is 7.68. The van der Waals surface area contributed by atoms with Gasteiger partial charge in [0.2, 0.25) is 0 Å². The first kappa shape index (κ1) is 20.0. The second kappa shape index (κ2) is 9.98. The van der Waals surface area contributed by atoms with Crippen LogP contribution in [0, 0.1) is 6.92 Å². The zero-order valence-corrected chi connectivity index (χ0v) is 16.3. The summed E-state index contributed by atoms with van der Waals surface area (Å²) in [6.07, 6.45) is 0. The Morgan fingerprint density at radius 1 is 1.27 bits per heavy atom. The molecule has 0 unspecified atom stereocenters. The topological polar surface area (TPSA) is 85.6 Å². The van der Waals surface area contributed by atoms with E-state index in [2.05, 4.69) is 25.8 Å². The number of benzene rings is 1. The van der Waals surface area contributed by atoms with E-state index in [1.165, 1.54) is 0 Å². The number of aliphatic imine (C=N–C) groups is 1. The molecule has 0 aliphatic rings. The smallest absolute Gasteiger partial charge is 0.192 e. The van der Waals surface area contributed by atoms with Crippen molar-refractivity contribution < 1.29 is 9.47 Å². The molecule has 0 saturated heterocycles. The number of hydrogen-bond acceptors (Lipinski definition) is 5. The number of methoxy groups -OCH3 is 2. The van der Waals surface area contributed by atoms with Crippen LogP contribution in [-0.2, 0) is 24.9 Å². The van der Waals surface area contributed by atoms with Gasteiger partial charge < -0.3 is 24.7 Å². The first-order chi connectivity index (χ1) is 12.5. The molecule has 26 heavy (non-hydrogen) atoms. The Bertz CT molecular complexity index is 747. The van der Waals surface area contributed by atoms with Gasteiger partial charge in [0.05, 0.1) is 31.8 Å². The van der Waals surface area contributed by atoms with Gasteiger partial charge in [-0.05, 0) is 24.6 Å². The van der Waals surface area contributed by atoms with Crippen LogP contribution in [0.2, 0.25) is 5.02 Å². The lowest BCUT2D eigenvalue weighted by Crippen LogP contribution is -2.39. The van der Waals surface area contributed by atoms with Gasteiger partial charge in [-0.3, -0.25) is 0 Å². The molecule has 0 saturated carbocycles. The fourth-order valence-corrected chi connectivity index (χ4v) is 2.47. The summed E-state index contributed by atoms with van der Waals surface area (Å²) in [4.78, 5) is 4.60. The lowest BCUT2D eigenvalue weighted by molar-refractivity contribution is 0.203. The number of nitrogens with zero attached hydrogens (tertiary/aromatic N) is 4. The monoisotopic (exact) mass is 380 g/mol. The van der Waals surface area contributed by atoms with Crippen LogP contribution in [-0.4, -0.2) is 48.1 Å². The summed E-state index contributed by atoms with van der Waals surface area (Å²) in [7, 11) is 5.18. The highest BCUT2D eigenvalue weighted by Crippen LogP contribution is 2.25. The predicted octanol–water partition coefficient (Wildman–Crippen LogP) is 1.67. The summed E-state index contributed by atoms with van der Waals surface area (Å²) in [5, 5.41) is 15.2. The van der Waals surface area contributed by atoms with Crippen LogP contribution in [0.1, 0.15) is 17.2 Å². The minimum atomic E-state index is 0.476. The Labute approximate surface area is 158 Å². The van der Waals surface area contributed by atoms with Crippen LogP contribution >= 0.6 is 11.6 Å². The molecule has 9 heteroatoms. The highest BCUT2D eigenvalue weighted by molar-refractivity contribution is 6.32. The molecule has 0 aliphatic heterocycles. The van der Waals surface area contributed by atoms with Crippen molar-refractivity contribution in [2.45, 2.75) is 20.0 Å². The third-order valence-corrected chi connectivity index (χ3v) is 4.13. The molecule has 1 heterocycles. The molecule has 1 aromatic carbocycles. The van der Waals surface area contributed by atoms with Crippen molar-refractivity contribution in [2.75, 3.05) is 27.4 Å². The normalized spacial score (nSPS) is 11.5. The van der Waals surface area contributed by atoms with Gasteiger partial charge in [-0.25, -0.2) is 4.99 Å². The number of hydrogen-bond donors (Lipinski definition) is 2. The molecule has 8 nitrogen and oxygen atoms in total. The average molecular weight is 381 g/mol. The van der Waals surface area contributed by atoms with Crippen molar-refractivity contribution in [3.63, 3.8) is 0 Å². The largest absolute Gasteiger partial charge is 0.495 e. The molecule has 2 aromatic rings. The van der Waals surface area contributed by atoms with E-state index in [1.807, 2.05) is 36.7 Å². The van der Waals surface area contributed by atoms with Gasteiger partial charge in [-0.1, -0.05) is 17.7 Å². The van der Waals surface area contributed by atoms with Gasteiger partial charge in [0.1, 0.15) is 11.6 Å². The standard InChI is InChI=1S/C17H25ClN6O2/c1-12-22-23-16(24(12)2)11-21-17(19-7-8-25-3)20-10-13-5-6-15(26-4)14(18)9-13/h5-6,9H,7-8,10-11H2,1-4H3,(H2,19,20,21). The molecule has 2 N–H and O–H groups in total. The Balaban J connectivity index is 2.03. The second-order valence-corrected chi connectivity index (χ2v) is 6.04. The number of ether oxygens (including phenoxy) is 2. The van der Waals surface area contributed by atoms with Crippen LogP contribution in [0.5, 0.6) is 5.75 Å². The minimum Gasteiger partial charge on any atom is -0.495 e. The second-order valence-electron chi connectivity index (χ2n) is 5.63. The number of aromatic nitrogens is 3. The van der Waals surface area contributed by atoms with E-state index in [0.29, 0.717) is 43.0 Å². The maximum Gasteiger partial charge on any atom is 0.192 e. The van der Waals surface area contributed by atoms with Crippen LogP contribution in [0.4, 0.5) is 0 Å². The number of rotatable bonds is 8. The first-order valence-electron chi connectivity index (χ1n) is 8.23. The molecule has 0 fully saturated rings. The molecule has 1 aromatic heterocycles. The molecular weight excluding hydrogens is 356 g/mol. The Morgan fingerprint density at radius 3 is 2.69 bits per heavy atom. The quantitative estimate of drug-likeness (QED) is 0.411. The highest BCUT2D eigenvalue weighted by Gasteiger charge is 2.07. The summed E-state index contributed by atoms with van der Waals surface area (Å²) in [5.41, 5.74) is 0.984. The first-order valence-corrected chi connectivity index (χ1v) is 8.61. The maximum absolute atomic E-state index is 6.17. The maximum atomic E-state index is 6.17. The number of guanidine groups is 1. The Hall–Kier alpha value is -2.32. The molecule has 142 valence electrons. The third-order valence-electron chi connectivity index (χ3n) is 3.83. The van der Waals surface area contributed by atoms with Crippen LogP contribution in [0.25, 0.3) is 0 Å². The van der Waals surface area contributed by atoms with Gasteiger partial charge in [0, 0.05) is 20.7 Å². The number of aryl methyl sites for hydroxylation is 1. The van der Waals surface area contributed by atoms with Gasteiger partial charge in [-0.15, -0.1) is 10.2 Å². The van der Waals surface area contributed by atoms with E-state index in [1.54, 1.807) is 14.2 Å². The van der Waals surface area contributed by atoms with Gasteiger partial charge in [0.25, 0.3) is 0 Å². The summed E-state index contributed by atoms with van der Waals surface area (Å²) in [6, 6.07) is 5.62. The van der Waals surface area contributed by atoms with Gasteiger partial charge in [0.15, 0.2) is 11.8 Å². The van der Waals surface area contributed by atoms with E-state index in [0.717, 1.165) is 17.2 Å². The van der Waals surface area contributed by atoms with Crippen molar-refractivity contribution >= 4 is 17.6 Å². The van der Waals surface area contributed by atoms with E-state index < -0.39 is 0 Å².